The first-order valence-corrected chi connectivity index (χ1v) is 6.53. The first kappa shape index (κ1) is 11.5. The fraction of sp³-hybridized carbons (Fsp3) is 0.636. The van der Waals surface area contributed by atoms with Gasteiger partial charge in [-0.05, 0) is 27.2 Å². The quantitative estimate of drug-likeness (QED) is 0.861. The fourth-order valence-electron chi connectivity index (χ4n) is 1.91. The number of aromatic nitrogens is 1. The molecule has 0 aliphatic carbocycles. The molecule has 88 valence electrons. The second-order valence-electron chi connectivity index (χ2n) is 3.99. The Labute approximate surface area is 99.9 Å². The molecule has 1 unspecified atom stereocenters. The van der Waals surface area contributed by atoms with Crippen LogP contribution in [0.4, 0.5) is 0 Å². The Bertz CT molecular complexity index is 380. The molecule has 0 aromatic carbocycles. The van der Waals surface area contributed by atoms with Crippen LogP contribution >= 0.6 is 11.8 Å². The first-order chi connectivity index (χ1) is 7.68. The zero-order chi connectivity index (χ0) is 11.5. The van der Waals surface area contributed by atoms with Gasteiger partial charge in [-0.15, -0.1) is 0 Å². The normalized spacial score (nSPS) is 18.1. The Balaban J connectivity index is 2.08. The average molecular weight is 239 g/mol. The number of rotatable bonds is 2. The van der Waals surface area contributed by atoms with Crippen molar-refractivity contribution in [2.75, 3.05) is 12.3 Å². The first-order valence-electron chi connectivity index (χ1n) is 5.55. The predicted octanol–water partition coefficient (Wildman–Crippen LogP) is 2.43. The van der Waals surface area contributed by atoms with E-state index in [1.165, 1.54) is 6.42 Å². The molecule has 0 radical (unpaired) electrons. The number of aryl methyl sites for hydroxylation is 2. The number of nitrogens with zero attached hydrogens (tertiary/aromatic N) is 2. The summed E-state index contributed by atoms with van der Waals surface area (Å²) in [7, 11) is 0. The lowest BCUT2D eigenvalue weighted by molar-refractivity contribution is 0.391. The molecular formula is C11H17N3OS. The van der Waals surface area contributed by atoms with E-state index in [1.807, 2.05) is 13.8 Å². The van der Waals surface area contributed by atoms with Crippen LogP contribution in [0.25, 0.3) is 0 Å². The van der Waals surface area contributed by atoms with E-state index in [4.69, 9.17) is 4.52 Å². The summed E-state index contributed by atoms with van der Waals surface area (Å²) >= 11 is 1.79. The molecule has 1 aromatic heterocycles. The van der Waals surface area contributed by atoms with Crippen LogP contribution in [0.15, 0.2) is 9.52 Å². The topological polar surface area (TPSA) is 50.4 Å². The molecular weight excluding hydrogens is 222 g/mol. The summed E-state index contributed by atoms with van der Waals surface area (Å²) in [4.78, 5) is 4.46. The molecule has 4 nitrogen and oxygen atoms in total. The van der Waals surface area contributed by atoms with E-state index in [1.54, 1.807) is 11.8 Å². The van der Waals surface area contributed by atoms with Crippen LogP contribution in [-0.2, 0) is 0 Å². The number of hydrogen-bond donors (Lipinski definition) is 1. The van der Waals surface area contributed by atoms with Gasteiger partial charge in [-0.1, -0.05) is 16.9 Å². The van der Waals surface area contributed by atoms with Gasteiger partial charge in [0.15, 0.2) is 5.17 Å². The molecule has 1 aromatic rings. The Morgan fingerprint density at radius 2 is 2.25 bits per heavy atom. The Morgan fingerprint density at radius 3 is 2.81 bits per heavy atom. The van der Waals surface area contributed by atoms with Crippen LogP contribution < -0.4 is 5.32 Å². The van der Waals surface area contributed by atoms with Crippen molar-refractivity contribution in [1.29, 1.82) is 0 Å². The van der Waals surface area contributed by atoms with Crippen LogP contribution in [0.3, 0.4) is 0 Å². The lowest BCUT2D eigenvalue weighted by Crippen LogP contribution is -2.27. The van der Waals surface area contributed by atoms with E-state index in [0.717, 1.165) is 34.5 Å². The van der Waals surface area contributed by atoms with Crippen molar-refractivity contribution >= 4 is 16.9 Å². The van der Waals surface area contributed by atoms with Gasteiger partial charge in [-0.25, -0.2) is 0 Å². The summed E-state index contributed by atoms with van der Waals surface area (Å²) < 4.78 is 5.17. The maximum Gasteiger partial charge on any atom is 0.157 e. The van der Waals surface area contributed by atoms with Crippen LogP contribution in [0.1, 0.15) is 36.4 Å². The molecule has 0 fully saturated rings. The van der Waals surface area contributed by atoms with Crippen LogP contribution in [0.2, 0.25) is 0 Å². The number of thioether (sulfide) groups is 1. The predicted molar refractivity (Wildman–Crippen MR) is 66.9 cm³/mol. The van der Waals surface area contributed by atoms with E-state index < -0.39 is 0 Å². The zero-order valence-electron chi connectivity index (χ0n) is 9.91. The van der Waals surface area contributed by atoms with Crippen LogP contribution in [-0.4, -0.2) is 22.6 Å². The summed E-state index contributed by atoms with van der Waals surface area (Å²) in [6.45, 7) is 6.97. The van der Waals surface area contributed by atoms with Crippen molar-refractivity contribution in [3.05, 3.63) is 17.0 Å². The number of aliphatic imine (C=N–C) groups is 1. The molecule has 0 saturated heterocycles. The lowest BCUT2D eigenvalue weighted by Gasteiger charge is -2.18. The van der Waals surface area contributed by atoms with Crippen molar-refractivity contribution < 1.29 is 4.52 Å². The number of nitrogens with one attached hydrogen (secondary N) is 1. The van der Waals surface area contributed by atoms with E-state index in [-0.39, 0.29) is 6.04 Å². The third kappa shape index (κ3) is 2.40. The van der Waals surface area contributed by atoms with Crippen molar-refractivity contribution in [2.24, 2.45) is 4.99 Å². The molecule has 0 spiro atoms. The monoisotopic (exact) mass is 239 g/mol. The molecule has 1 aliphatic rings. The highest BCUT2D eigenvalue weighted by Crippen LogP contribution is 2.22. The van der Waals surface area contributed by atoms with Gasteiger partial charge < -0.3 is 9.84 Å². The van der Waals surface area contributed by atoms with Gasteiger partial charge in [0.05, 0.1) is 11.7 Å². The van der Waals surface area contributed by atoms with E-state index >= 15 is 0 Å². The highest BCUT2D eigenvalue weighted by atomic mass is 32.2. The van der Waals surface area contributed by atoms with E-state index in [9.17, 15) is 0 Å². The molecule has 0 bridgehead atoms. The van der Waals surface area contributed by atoms with Gasteiger partial charge in [-0.3, -0.25) is 4.99 Å². The van der Waals surface area contributed by atoms with Gasteiger partial charge in [0, 0.05) is 17.9 Å². The molecule has 1 atom stereocenters. The van der Waals surface area contributed by atoms with E-state index in [0.29, 0.717) is 0 Å². The van der Waals surface area contributed by atoms with Crippen molar-refractivity contribution in [1.82, 2.24) is 10.5 Å². The second-order valence-corrected chi connectivity index (χ2v) is 5.08. The molecule has 2 rings (SSSR count). The van der Waals surface area contributed by atoms with Crippen LogP contribution in [0, 0.1) is 13.8 Å². The maximum atomic E-state index is 5.17. The van der Waals surface area contributed by atoms with Crippen molar-refractivity contribution in [2.45, 2.75) is 33.2 Å². The summed E-state index contributed by atoms with van der Waals surface area (Å²) in [6.07, 6.45) is 1.18. The zero-order valence-corrected chi connectivity index (χ0v) is 10.7. The minimum absolute atomic E-state index is 0.204. The summed E-state index contributed by atoms with van der Waals surface area (Å²) in [5.41, 5.74) is 2.10. The molecule has 5 heteroatoms. The highest BCUT2D eigenvalue weighted by molar-refractivity contribution is 8.13. The van der Waals surface area contributed by atoms with Gasteiger partial charge in [-0.2, -0.15) is 0 Å². The molecule has 1 N–H and O–H groups in total. The second kappa shape index (κ2) is 4.91. The Kier molecular flexibility index (Phi) is 3.53. The third-order valence-corrected chi connectivity index (χ3v) is 3.67. The third-order valence-electron chi connectivity index (χ3n) is 2.66. The van der Waals surface area contributed by atoms with Gasteiger partial charge in [0.2, 0.25) is 0 Å². The van der Waals surface area contributed by atoms with Crippen LogP contribution in [0.5, 0.6) is 0 Å². The molecule has 2 heterocycles. The standard InChI is InChI=1S/C11H17N3OS/c1-7(10-8(2)14-15-9(10)3)13-11-12-5-4-6-16-11/h7H,4-6H2,1-3H3,(H,12,13). The summed E-state index contributed by atoms with van der Waals surface area (Å²) in [5.74, 6) is 2.04. The molecule has 0 amide bonds. The average Bonchev–Trinajstić information content (AvgIpc) is 2.60. The Morgan fingerprint density at radius 1 is 1.44 bits per heavy atom. The molecule has 1 aliphatic heterocycles. The van der Waals surface area contributed by atoms with E-state index in [2.05, 4.69) is 22.4 Å². The van der Waals surface area contributed by atoms with Crippen molar-refractivity contribution in [3.8, 4) is 0 Å². The Hall–Kier alpha value is -0.970. The lowest BCUT2D eigenvalue weighted by atomic mass is 10.1. The SMILES string of the molecule is Cc1noc(C)c1C(C)NC1=NCCCS1. The van der Waals surface area contributed by atoms with Gasteiger partial charge >= 0.3 is 0 Å². The van der Waals surface area contributed by atoms with Crippen molar-refractivity contribution in [3.63, 3.8) is 0 Å². The van der Waals surface area contributed by atoms with Gasteiger partial charge in [0.25, 0.3) is 0 Å². The maximum absolute atomic E-state index is 5.17. The number of hydrogen-bond acceptors (Lipinski definition) is 5. The number of amidine groups is 1. The van der Waals surface area contributed by atoms with Gasteiger partial charge in [0.1, 0.15) is 5.76 Å². The minimum atomic E-state index is 0.204. The smallest absolute Gasteiger partial charge is 0.157 e. The summed E-state index contributed by atoms with van der Waals surface area (Å²) in [5, 5.41) is 8.42. The minimum Gasteiger partial charge on any atom is -0.361 e. The largest absolute Gasteiger partial charge is 0.361 e. The highest BCUT2D eigenvalue weighted by Gasteiger charge is 2.18. The fourth-order valence-corrected chi connectivity index (χ4v) is 2.82. The summed E-state index contributed by atoms with van der Waals surface area (Å²) in [6, 6.07) is 0.204. The molecule has 0 saturated carbocycles. The molecule has 16 heavy (non-hydrogen) atoms.